The number of carbonyl (C=O) groups is 1. The summed E-state index contributed by atoms with van der Waals surface area (Å²) < 4.78 is 0. The van der Waals surface area contributed by atoms with Gasteiger partial charge in [0.2, 0.25) is 0 Å². The molecule has 4 fully saturated rings. The van der Waals surface area contributed by atoms with Crippen molar-refractivity contribution in [2.75, 3.05) is 5.43 Å². The van der Waals surface area contributed by atoms with Gasteiger partial charge in [0.05, 0.1) is 5.69 Å². The zero-order chi connectivity index (χ0) is 14.3. The topological polar surface area (TPSA) is 53.2 Å². The molecule has 0 spiro atoms. The van der Waals surface area contributed by atoms with Gasteiger partial charge in [-0.15, -0.1) is 0 Å². The van der Waals surface area contributed by atoms with E-state index in [0.717, 1.165) is 23.4 Å². The fourth-order valence-corrected chi connectivity index (χ4v) is 5.19. The van der Waals surface area contributed by atoms with Gasteiger partial charge < -0.3 is 5.32 Å². The molecule has 112 valence electrons. The van der Waals surface area contributed by atoms with E-state index < -0.39 is 0 Å². The number of hydrogen-bond acceptors (Lipinski definition) is 2. The third-order valence-electron chi connectivity index (χ3n) is 5.51. The number of hydrazine groups is 1. The summed E-state index contributed by atoms with van der Waals surface area (Å²) in [6.45, 7) is 0. The fourth-order valence-electron chi connectivity index (χ4n) is 5.19. The van der Waals surface area contributed by atoms with Gasteiger partial charge in [0, 0.05) is 5.54 Å². The molecule has 4 heteroatoms. The van der Waals surface area contributed by atoms with Crippen molar-refractivity contribution in [1.82, 2.24) is 10.7 Å². The normalized spacial score (nSPS) is 36.3. The van der Waals surface area contributed by atoms with Crippen LogP contribution in [-0.4, -0.2) is 11.6 Å². The Balaban J connectivity index is 1.36. The molecular formula is C17H23N3O. The molecule has 0 unspecified atom stereocenters. The summed E-state index contributed by atoms with van der Waals surface area (Å²) in [5, 5.41) is 3.28. The van der Waals surface area contributed by atoms with Crippen LogP contribution in [0.1, 0.15) is 38.5 Å². The number of benzene rings is 1. The van der Waals surface area contributed by atoms with Gasteiger partial charge in [-0.1, -0.05) is 18.2 Å². The maximum Gasteiger partial charge on any atom is 0.333 e. The Bertz CT molecular complexity index is 493. The van der Waals surface area contributed by atoms with E-state index in [1.807, 2.05) is 30.3 Å². The lowest BCUT2D eigenvalue weighted by atomic mass is 9.53. The van der Waals surface area contributed by atoms with Crippen molar-refractivity contribution in [2.24, 2.45) is 17.8 Å². The maximum absolute atomic E-state index is 12.2. The van der Waals surface area contributed by atoms with Crippen molar-refractivity contribution in [1.29, 1.82) is 0 Å². The number of carbonyl (C=O) groups excluding carboxylic acids is 1. The van der Waals surface area contributed by atoms with E-state index in [-0.39, 0.29) is 11.6 Å². The summed E-state index contributed by atoms with van der Waals surface area (Å²) in [6.07, 6.45) is 7.72. The van der Waals surface area contributed by atoms with Crippen molar-refractivity contribution >= 4 is 11.7 Å². The molecule has 0 aliphatic heterocycles. The number of nitrogens with one attached hydrogen (secondary N) is 3. The molecule has 4 aliphatic rings. The molecule has 5 rings (SSSR count). The minimum absolute atomic E-state index is 0.0667. The number of hydrogen-bond donors (Lipinski definition) is 3. The highest BCUT2D eigenvalue weighted by atomic mass is 16.2. The molecule has 0 atom stereocenters. The Labute approximate surface area is 125 Å². The molecule has 4 nitrogen and oxygen atoms in total. The van der Waals surface area contributed by atoms with Crippen LogP contribution in [0, 0.1) is 17.8 Å². The Morgan fingerprint density at radius 3 is 2.10 bits per heavy atom. The first-order valence-electron chi connectivity index (χ1n) is 8.10. The van der Waals surface area contributed by atoms with Gasteiger partial charge in [0.15, 0.2) is 0 Å². The average molecular weight is 285 g/mol. The van der Waals surface area contributed by atoms with Crippen LogP contribution in [0.4, 0.5) is 10.5 Å². The van der Waals surface area contributed by atoms with Gasteiger partial charge in [-0.25, -0.2) is 4.79 Å². The minimum atomic E-state index is -0.0965. The first-order valence-corrected chi connectivity index (χ1v) is 8.10. The monoisotopic (exact) mass is 285 g/mol. The van der Waals surface area contributed by atoms with Gasteiger partial charge in [0.1, 0.15) is 0 Å². The lowest BCUT2D eigenvalue weighted by Crippen LogP contribution is -2.61. The highest BCUT2D eigenvalue weighted by Crippen LogP contribution is 2.55. The molecule has 4 aliphatic carbocycles. The molecule has 21 heavy (non-hydrogen) atoms. The minimum Gasteiger partial charge on any atom is -0.331 e. The van der Waals surface area contributed by atoms with Gasteiger partial charge >= 0.3 is 6.03 Å². The van der Waals surface area contributed by atoms with Crippen LogP contribution < -0.4 is 16.2 Å². The molecule has 3 N–H and O–H groups in total. The highest BCUT2D eigenvalue weighted by Gasteiger charge is 2.51. The van der Waals surface area contributed by atoms with E-state index in [9.17, 15) is 4.79 Å². The molecule has 2 amide bonds. The van der Waals surface area contributed by atoms with Crippen molar-refractivity contribution in [3.05, 3.63) is 30.3 Å². The summed E-state index contributed by atoms with van der Waals surface area (Å²) in [4.78, 5) is 12.2. The largest absolute Gasteiger partial charge is 0.333 e. The maximum atomic E-state index is 12.2. The lowest BCUT2D eigenvalue weighted by molar-refractivity contribution is -0.0134. The van der Waals surface area contributed by atoms with Crippen LogP contribution >= 0.6 is 0 Å². The Hall–Kier alpha value is -1.71. The highest BCUT2D eigenvalue weighted by molar-refractivity contribution is 5.76. The van der Waals surface area contributed by atoms with E-state index in [4.69, 9.17) is 0 Å². The number of anilines is 1. The van der Waals surface area contributed by atoms with Crippen LogP contribution in [0.3, 0.4) is 0 Å². The number of urea groups is 1. The van der Waals surface area contributed by atoms with Gasteiger partial charge in [0.25, 0.3) is 0 Å². The number of amides is 2. The summed E-state index contributed by atoms with van der Waals surface area (Å²) >= 11 is 0. The van der Waals surface area contributed by atoms with Crippen LogP contribution in [0.2, 0.25) is 0 Å². The van der Waals surface area contributed by atoms with Gasteiger partial charge in [-0.2, -0.15) is 0 Å². The second-order valence-electron chi connectivity index (χ2n) is 7.27. The summed E-state index contributed by atoms with van der Waals surface area (Å²) in [6, 6.07) is 9.62. The van der Waals surface area contributed by atoms with E-state index in [2.05, 4.69) is 16.2 Å². The SMILES string of the molecule is O=C(NNc1ccccc1)NC12CC3CC(CC(C3)C1)C2. The van der Waals surface area contributed by atoms with E-state index in [0.29, 0.717) is 0 Å². The Kier molecular flexibility index (Phi) is 3.05. The molecule has 0 radical (unpaired) electrons. The predicted molar refractivity (Wildman–Crippen MR) is 82.6 cm³/mol. The molecular weight excluding hydrogens is 262 g/mol. The molecule has 1 aromatic rings. The second kappa shape index (κ2) is 4.93. The quantitative estimate of drug-likeness (QED) is 0.746. The number of para-hydroxylation sites is 1. The molecule has 0 saturated heterocycles. The summed E-state index contributed by atoms with van der Waals surface area (Å²) in [7, 11) is 0. The smallest absolute Gasteiger partial charge is 0.331 e. The van der Waals surface area contributed by atoms with Crippen molar-refractivity contribution in [2.45, 2.75) is 44.1 Å². The molecule has 0 heterocycles. The summed E-state index contributed by atoms with van der Waals surface area (Å²) in [5.41, 5.74) is 6.71. The van der Waals surface area contributed by atoms with Crippen LogP contribution in [0.25, 0.3) is 0 Å². The third-order valence-corrected chi connectivity index (χ3v) is 5.51. The molecule has 4 bridgehead atoms. The van der Waals surface area contributed by atoms with Crippen LogP contribution in [0.5, 0.6) is 0 Å². The fraction of sp³-hybridized carbons (Fsp3) is 0.588. The van der Waals surface area contributed by atoms with Crippen molar-refractivity contribution in [3.63, 3.8) is 0 Å². The number of rotatable bonds is 3. The van der Waals surface area contributed by atoms with Gasteiger partial charge in [-0.3, -0.25) is 10.9 Å². The van der Waals surface area contributed by atoms with Crippen LogP contribution in [0.15, 0.2) is 30.3 Å². The summed E-state index contributed by atoms with van der Waals surface area (Å²) in [5.74, 6) is 2.54. The standard InChI is InChI=1S/C17H23N3O/c21-16(20-19-15-4-2-1-3-5-15)18-17-9-12-6-13(10-17)8-14(7-12)11-17/h1-5,12-14,19H,6-11H2,(H2,18,20,21). The van der Waals surface area contributed by atoms with Crippen LogP contribution in [-0.2, 0) is 0 Å². The lowest BCUT2D eigenvalue weighted by Gasteiger charge is -2.56. The van der Waals surface area contributed by atoms with Crippen molar-refractivity contribution in [3.8, 4) is 0 Å². The Morgan fingerprint density at radius 2 is 1.52 bits per heavy atom. The molecule has 4 saturated carbocycles. The zero-order valence-electron chi connectivity index (χ0n) is 12.3. The second-order valence-corrected chi connectivity index (χ2v) is 7.27. The predicted octanol–water partition coefficient (Wildman–Crippen LogP) is 3.28. The average Bonchev–Trinajstić information content (AvgIpc) is 2.44. The van der Waals surface area contributed by atoms with Gasteiger partial charge in [-0.05, 0) is 68.4 Å². The van der Waals surface area contributed by atoms with Crippen molar-refractivity contribution < 1.29 is 4.79 Å². The third kappa shape index (κ3) is 2.59. The van der Waals surface area contributed by atoms with E-state index >= 15 is 0 Å². The zero-order valence-corrected chi connectivity index (χ0v) is 12.3. The Morgan fingerprint density at radius 1 is 0.952 bits per heavy atom. The van der Waals surface area contributed by atoms with E-state index in [1.165, 1.54) is 38.5 Å². The first kappa shape index (κ1) is 13.0. The molecule has 0 aromatic heterocycles. The van der Waals surface area contributed by atoms with E-state index in [1.54, 1.807) is 0 Å². The molecule has 1 aromatic carbocycles. The first-order chi connectivity index (χ1) is 10.2.